The quantitative estimate of drug-likeness (QED) is 0.616. The van der Waals surface area contributed by atoms with Gasteiger partial charge in [0.1, 0.15) is 0 Å². The molecule has 31 heavy (non-hydrogen) atoms. The molecule has 0 spiro atoms. The molecule has 0 saturated heterocycles. The predicted molar refractivity (Wildman–Crippen MR) is 120 cm³/mol. The molecule has 1 aliphatic heterocycles. The third kappa shape index (κ3) is 4.74. The van der Waals surface area contributed by atoms with Crippen molar-refractivity contribution < 1.29 is 9.59 Å². The van der Waals surface area contributed by atoms with Crippen LogP contribution in [0, 0.1) is 0 Å². The first-order valence-electron chi connectivity index (χ1n) is 10.4. The standard InChI is InChI=1S/C25H26N4O2/c1-19(30)29-13-12-22-10-6-7-11-23(22)24(29)14-25(31)27(2)16-21-15-26-28(18-21)17-20-8-4-3-5-9-20/h3-13,15,18,24H,14,16-17H2,1-2H3. The molecule has 158 valence electrons. The second kappa shape index (κ2) is 9.00. The van der Waals surface area contributed by atoms with Crippen LogP contribution in [0.5, 0.6) is 0 Å². The van der Waals surface area contributed by atoms with Gasteiger partial charge in [-0.3, -0.25) is 14.3 Å². The van der Waals surface area contributed by atoms with Crippen LogP contribution in [-0.2, 0) is 22.7 Å². The zero-order chi connectivity index (χ0) is 21.8. The molecule has 0 radical (unpaired) electrons. The van der Waals surface area contributed by atoms with Crippen molar-refractivity contribution in [1.29, 1.82) is 0 Å². The highest BCUT2D eigenvalue weighted by Gasteiger charge is 2.29. The molecule has 1 unspecified atom stereocenters. The Hall–Kier alpha value is -3.67. The van der Waals surface area contributed by atoms with E-state index in [1.165, 1.54) is 12.5 Å². The van der Waals surface area contributed by atoms with Gasteiger partial charge in [-0.2, -0.15) is 5.10 Å². The number of nitrogens with zero attached hydrogens (tertiary/aromatic N) is 4. The van der Waals surface area contributed by atoms with E-state index in [-0.39, 0.29) is 24.3 Å². The molecule has 0 aliphatic carbocycles. The summed E-state index contributed by atoms with van der Waals surface area (Å²) in [5.41, 5.74) is 4.19. The Balaban J connectivity index is 1.42. The van der Waals surface area contributed by atoms with E-state index in [1.54, 1.807) is 29.2 Å². The maximum absolute atomic E-state index is 13.0. The van der Waals surface area contributed by atoms with Gasteiger partial charge in [0.05, 0.1) is 25.2 Å². The molecule has 3 aromatic rings. The lowest BCUT2D eigenvalue weighted by molar-refractivity contribution is -0.134. The van der Waals surface area contributed by atoms with E-state index in [9.17, 15) is 9.59 Å². The molecule has 2 amide bonds. The van der Waals surface area contributed by atoms with E-state index in [0.717, 1.165) is 16.7 Å². The fourth-order valence-electron chi connectivity index (χ4n) is 3.94. The lowest BCUT2D eigenvalue weighted by Gasteiger charge is -2.33. The maximum atomic E-state index is 13.0. The van der Waals surface area contributed by atoms with E-state index in [2.05, 4.69) is 17.2 Å². The summed E-state index contributed by atoms with van der Waals surface area (Å²) in [5, 5.41) is 4.42. The van der Waals surface area contributed by atoms with Crippen molar-refractivity contribution in [3.63, 3.8) is 0 Å². The van der Waals surface area contributed by atoms with E-state index < -0.39 is 0 Å². The zero-order valence-electron chi connectivity index (χ0n) is 17.8. The third-order valence-electron chi connectivity index (χ3n) is 5.56. The Labute approximate surface area is 182 Å². The van der Waals surface area contributed by atoms with Gasteiger partial charge in [-0.05, 0) is 22.8 Å². The third-order valence-corrected chi connectivity index (χ3v) is 5.56. The summed E-state index contributed by atoms with van der Waals surface area (Å²) in [4.78, 5) is 28.5. The fourth-order valence-corrected chi connectivity index (χ4v) is 3.94. The van der Waals surface area contributed by atoms with Crippen molar-refractivity contribution in [3.8, 4) is 0 Å². The predicted octanol–water partition coefficient (Wildman–Crippen LogP) is 3.85. The van der Waals surface area contributed by atoms with Crippen molar-refractivity contribution in [3.05, 3.63) is 95.4 Å². The van der Waals surface area contributed by atoms with E-state index in [0.29, 0.717) is 13.1 Å². The number of carbonyl (C=O) groups excluding carboxylic acids is 2. The zero-order valence-corrected chi connectivity index (χ0v) is 17.8. The van der Waals surface area contributed by atoms with Gasteiger partial charge < -0.3 is 9.80 Å². The summed E-state index contributed by atoms with van der Waals surface area (Å²) in [6.07, 6.45) is 7.69. The van der Waals surface area contributed by atoms with Crippen molar-refractivity contribution in [2.24, 2.45) is 0 Å². The normalized spacial score (nSPS) is 14.9. The maximum Gasteiger partial charge on any atom is 0.225 e. The Morgan fingerprint density at radius 2 is 1.77 bits per heavy atom. The highest BCUT2D eigenvalue weighted by atomic mass is 16.2. The van der Waals surface area contributed by atoms with Crippen molar-refractivity contribution >= 4 is 17.9 Å². The van der Waals surface area contributed by atoms with E-state index in [4.69, 9.17) is 0 Å². The van der Waals surface area contributed by atoms with E-state index in [1.807, 2.05) is 59.4 Å². The van der Waals surface area contributed by atoms with Crippen molar-refractivity contribution in [2.45, 2.75) is 32.5 Å². The average Bonchev–Trinajstić information content (AvgIpc) is 3.21. The molecule has 0 N–H and O–H groups in total. The molecule has 0 bridgehead atoms. The molecule has 2 aromatic carbocycles. The van der Waals surface area contributed by atoms with E-state index >= 15 is 0 Å². The lowest BCUT2D eigenvalue weighted by Crippen LogP contribution is -2.35. The first-order chi connectivity index (χ1) is 15.0. The van der Waals surface area contributed by atoms with Crippen LogP contribution >= 0.6 is 0 Å². The number of hydrogen-bond acceptors (Lipinski definition) is 3. The number of benzene rings is 2. The van der Waals surface area contributed by atoms with Crippen LogP contribution in [0.15, 0.2) is 73.2 Å². The van der Waals surface area contributed by atoms with Crippen LogP contribution in [0.1, 0.15) is 41.6 Å². The molecule has 2 heterocycles. The van der Waals surface area contributed by atoms with Crippen molar-refractivity contribution in [2.75, 3.05) is 7.05 Å². The molecule has 6 nitrogen and oxygen atoms in total. The SMILES string of the molecule is CC(=O)N1C=Cc2ccccc2C1CC(=O)N(C)Cc1cnn(Cc2ccccc2)c1. The minimum Gasteiger partial charge on any atom is -0.341 e. The number of aromatic nitrogens is 2. The fraction of sp³-hybridized carbons (Fsp3) is 0.240. The van der Waals surface area contributed by atoms with Crippen LogP contribution in [-0.4, -0.2) is 38.4 Å². The number of rotatable bonds is 6. The molecule has 0 saturated carbocycles. The summed E-state index contributed by atoms with van der Waals surface area (Å²) >= 11 is 0. The summed E-state index contributed by atoms with van der Waals surface area (Å²) in [7, 11) is 1.79. The molecule has 1 atom stereocenters. The molecular weight excluding hydrogens is 388 g/mol. The number of amides is 2. The van der Waals surface area contributed by atoms with Gasteiger partial charge in [-0.25, -0.2) is 0 Å². The van der Waals surface area contributed by atoms with Crippen LogP contribution < -0.4 is 0 Å². The topological polar surface area (TPSA) is 58.4 Å². The highest BCUT2D eigenvalue weighted by molar-refractivity contribution is 5.81. The highest BCUT2D eigenvalue weighted by Crippen LogP contribution is 2.33. The molecular formula is C25H26N4O2. The van der Waals surface area contributed by atoms with Crippen LogP contribution in [0.25, 0.3) is 6.08 Å². The van der Waals surface area contributed by atoms with Crippen molar-refractivity contribution in [1.82, 2.24) is 19.6 Å². The second-order valence-electron chi connectivity index (χ2n) is 7.87. The van der Waals surface area contributed by atoms with Gasteiger partial charge in [0.15, 0.2) is 0 Å². The number of carbonyl (C=O) groups is 2. The van der Waals surface area contributed by atoms with Gasteiger partial charge in [0.25, 0.3) is 0 Å². The number of fused-ring (bicyclic) bond motifs is 1. The Bertz CT molecular complexity index is 1100. The minimum atomic E-state index is -0.297. The molecule has 1 aliphatic rings. The molecule has 1 aromatic heterocycles. The largest absolute Gasteiger partial charge is 0.341 e. The first kappa shape index (κ1) is 20.6. The summed E-state index contributed by atoms with van der Waals surface area (Å²) < 4.78 is 1.88. The summed E-state index contributed by atoms with van der Waals surface area (Å²) in [6, 6.07) is 17.7. The Morgan fingerprint density at radius 3 is 2.55 bits per heavy atom. The van der Waals surface area contributed by atoms with Crippen LogP contribution in [0.3, 0.4) is 0 Å². The summed E-state index contributed by atoms with van der Waals surface area (Å²) in [6.45, 7) is 2.69. The van der Waals surface area contributed by atoms with Gasteiger partial charge >= 0.3 is 0 Å². The van der Waals surface area contributed by atoms with Gasteiger partial charge in [-0.15, -0.1) is 0 Å². The Morgan fingerprint density at radius 1 is 1.03 bits per heavy atom. The average molecular weight is 415 g/mol. The Kier molecular flexibility index (Phi) is 5.98. The first-order valence-corrected chi connectivity index (χ1v) is 10.4. The number of hydrogen-bond donors (Lipinski definition) is 0. The van der Waals surface area contributed by atoms with Gasteiger partial charge in [0.2, 0.25) is 11.8 Å². The lowest BCUT2D eigenvalue weighted by atomic mass is 9.93. The second-order valence-corrected chi connectivity index (χ2v) is 7.87. The van der Waals surface area contributed by atoms with Crippen LogP contribution in [0.4, 0.5) is 0 Å². The smallest absolute Gasteiger partial charge is 0.225 e. The molecule has 4 rings (SSSR count). The molecule has 0 fully saturated rings. The monoisotopic (exact) mass is 414 g/mol. The van der Waals surface area contributed by atoms with Crippen LogP contribution in [0.2, 0.25) is 0 Å². The van der Waals surface area contributed by atoms with Gasteiger partial charge in [0, 0.05) is 38.5 Å². The van der Waals surface area contributed by atoms with Gasteiger partial charge in [-0.1, -0.05) is 54.6 Å². The minimum absolute atomic E-state index is 0.0165. The molecule has 6 heteroatoms. The summed E-state index contributed by atoms with van der Waals surface area (Å²) in [5.74, 6) is -0.0921.